The van der Waals surface area contributed by atoms with Crippen LogP contribution in [0.25, 0.3) is 5.69 Å². The molecule has 1 aromatic carbocycles. The SMILES string of the molecule is Cn1c(C(F)(F)F)cc(=O)n(-c2cc(NC(=O)N3CCC(=O)CC3)c(Br)cc2F)c1=O. The van der Waals surface area contributed by atoms with Gasteiger partial charge in [0.05, 0.1) is 11.4 Å². The molecule has 2 aromatic rings. The lowest BCUT2D eigenvalue weighted by Gasteiger charge is -2.26. The summed E-state index contributed by atoms with van der Waals surface area (Å²) >= 11 is 3.06. The normalized spacial score (nSPS) is 14.6. The van der Waals surface area contributed by atoms with Crippen LogP contribution in [0.15, 0.2) is 32.3 Å². The van der Waals surface area contributed by atoms with Gasteiger partial charge in [0.1, 0.15) is 17.3 Å². The fraction of sp³-hybridized carbons (Fsp3) is 0.333. The number of aromatic nitrogens is 2. The van der Waals surface area contributed by atoms with Crippen LogP contribution in [0.4, 0.5) is 28.0 Å². The minimum Gasteiger partial charge on any atom is -0.324 e. The maximum atomic E-state index is 14.6. The molecule has 166 valence electrons. The van der Waals surface area contributed by atoms with Crippen molar-refractivity contribution in [3.05, 3.63) is 55.0 Å². The number of carbonyl (C=O) groups excluding carboxylic acids is 2. The highest BCUT2D eigenvalue weighted by atomic mass is 79.9. The lowest BCUT2D eigenvalue weighted by atomic mass is 10.1. The fourth-order valence-electron chi connectivity index (χ4n) is 3.08. The summed E-state index contributed by atoms with van der Waals surface area (Å²) in [6, 6.07) is 1.42. The van der Waals surface area contributed by atoms with Gasteiger partial charge in [-0.25, -0.2) is 18.5 Å². The highest BCUT2D eigenvalue weighted by Crippen LogP contribution is 2.29. The molecule has 0 radical (unpaired) electrons. The summed E-state index contributed by atoms with van der Waals surface area (Å²) < 4.78 is 54.1. The predicted octanol–water partition coefficient (Wildman–Crippen LogP) is 2.65. The quantitative estimate of drug-likeness (QED) is 0.633. The van der Waals surface area contributed by atoms with Crippen molar-refractivity contribution in [3.63, 3.8) is 0 Å². The number of nitrogens with one attached hydrogen (secondary N) is 1. The molecule has 3 rings (SSSR count). The summed E-state index contributed by atoms with van der Waals surface area (Å²) in [7, 11) is 0.804. The Kier molecular flexibility index (Phi) is 6.07. The number of benzene rings is 1. The van der Waals surface area contributed by atoms with E-state index in [0.29, 0.717) is 0 Å². The van der Waals surface area contributed by atoms with E-state index in [-0.39, 0.29) is 57.1 Å². The Morgan fingerprint density at radius 1 is 1.10 bits per heavy atom. The standard InChI is InChI=1S/C18H15BrF4N4O4/c1-25-14(18(21,22)23)8-15(29)27(17(25)31)13-7-12(10(19)6-11(13)20)24-16(30)26-4-2-9(28)3-5-26/h6-8H,2-5H2,1H3,(H,24,30). The third kappa shape index (κ3) is 4.55. The van der Waals surface area contributed by atoms with E-state index in [2.05, 4.69) is 21.2 Å². The first-order chi connectivity index (χ1) is 14.4. The second kappa shape index (κ2) is 8.29. The number of likely N-dealkylation sites (tertiary alicyclic amines) is 1. The van der Waals surface area contributed by atoms with E-state index in [1.54, 1.807) is 0 Å². The molecule has 8 nitrogen and oxygen atoms in total. The number of piperidine rings is 1. The van der Waals surface area contributed by atoms with Crippen LogP contribution in [-0.4, -0.2) is 38.9 Å². The Labute approximate surface area is 180 Å². The van der Waals surface area contributed by atoms with Gasteiger partial charge >= 0.3 is 17.9 Å². The van der Waals surface area contributed by atoms with Crippen molar-refractivity contribution in [2.24, 2.45) is 7.05 Å². The third-order valence-corrected chi connectivity index (χ3v) is 5.39. The maximum Gasteiger partial charge on any atom is 0.431 e. The van der Waals surface area contributed by atoms with Gasteiger partial charge in [0.15, 0.2) is 0 Å². The number of hydrogen-bond acceptors (Lipinski definition) is 4. The monoisotopic (exact) mass is 506 g/mol. The molecule has 0 bridgehead atoms. The second-order valence-corrected chi connectivity index (χ2v) is 7.64. The zero-order valence-electron chi connectivity index (χ0n) is 15.9. The van der Waals surface area contributed by atoms with Gasteiger partial charge in [0, 0.05) is 43.5 Å². The number of carbonyl (C=O) groups is 2. The molecule has 1 fully saturated rings. The van der Waals surface area contributed by atoms with Gasteiger partial charge in [0.2, 0.25) is 0 Å². The first-order valence-corrected chi connectivity index (χ1v) is 9.66. The largest absolute Gasteiger partial charge is 0.431 e. The van der Waals surface area contributed by atoms with Crippen LogP contribution in [0.5, 0.6) is 0 Å². The number of Topliss-reactive ketones (excluding diaryl/α,β-unsaturated/α-hetero) is 1. The van der Waals surface area contributed by atoms with Crippen LogP contribution >= 0.6 is 15.9 Å². The van der Waals surface area contributed by atoms with E-state index in [1.165, 1.54) is 4.90 Å². The van der Waals surface area contributed by atoms with E-state index < -0.39 is 40.7 Å². The molecule has 0 unspecified atom stereocenters. The molecule has 31 heavy (non-hydrogen) atoms. The molecule has 0 spiro atoms. The van der Waals surface area contributed by atoms with Crippen LogP contribution in [0, 0.1) is 5.82 Å². The minimum atomic E-state index is -4.96. The van der Waals surface area contributed by atoms with Gasteiger partial charge in [-0.2, -0.15) is 13.2 Å². The number of alkyl halides is 3. The van der Waals surface area contributed by atoms with Crippen molar-refractivity contribution in [2.45, 2.75) is 19.0 Å². The predicted molar refractivity (Wildman–Crippen MR) is 105 cm³/mol. The lowest BCUT2D eigenvalue weighted by Crippen LogP contribution is -2.42. The third-order valence-electron chi connectivity index (χ3n) is 4.74. The van der Waals surface area contributed by atoms with Crippen LogP contribution in [0.1, 0.15) is 18.5 Å². The Hall–Kier alpha value is -2.96. The van der Waals surface area contributed by atoms with E-state index in [9.17, 15) is 36.7 Å². The molecule has 1 saturated heterocycles. The fourth-order valence-corrected chi connectivity index (χ4v) is 3.49. The molecule has 0 atom stereocenters. The number of halogens is 5. The molecule has 1 aromatic heterocycles. The van der Waals surface area contributed by atoms with Crippen molar-refractivity contribution in [1.82, 2.24) is 14.0 Å². The molecule has 1 aliphatic heterocycles. The molecule has 2 amide bonds. The van der Waals surface area contributed by atoms with Gasteiger partial charge in [-0.1, -0.05) is 0 Å². The van der Waals surface area contributed by atoms with Crippen molar-refractivity contribution in [2.75, 3.05) is 18.4 Å². The average molecular weight is 507 g/mol. The van der Waals surface area contributed by atoms with Gasteiger partial charge < -0.3 is 10.2 Å². The lowest BCUT2D eigenvalue weighted by molar-refractivity contribution is -0.144. The van der Waals surface area contributed by atoms with Gasteiger partial charge in [0.25, 0.3) is 5.56 Å². The molecule has 2 heterocycles. The Bertz CT molecular complexity index is 1180. The minimum absolute atomic E-state index is 0.0202. The Morgan fingerprint density at radius 2 is 1.71 bits per heavy atom. The zero-order valence-corrected chi connectivity index (χ0v) is 17.5. The Balaban J connectivity index is 2.03. The number of amides is 2. The van der Waals surface area contributed by atoms with Crippen LogP contribution in [-0.2, 0) is 18.0 Å². The van der Waals surface area contributed by atoms with Crippen LogP contribution < -0.4 is 16.6 Å². The van der Waals surface area contributed by atoms with Crippen LogP contribution in [0.3, 0.4) is 0 Å². The average Bonchev–Trinajstić information content (AvgIpc) is 2.67. The van der Waals surface area contributed by atoms with Gasteiger partial charge in [-0.05, 0) is 28.1 Å². The number of hydrogen-bond donors (Lipinski definition) is 1. The number of anilines is 1. The van der Waals surface area contributed by atoms with Crippen molar-refractivity contribution < 1.29 is 27.2 Å². The summed E-state index contributed by atoms with van der Waals surface area (Å²) in [6.45, 7) is 0.379. The summed E-state index contributed by atoms with van der Waals surface area (Å²) in [5.41, 5.74) is -4.93. The summed E-state index contributed by atoms with van der Waals surface area (Å²) in [5.74, 6) is -1.06. The zero-order chi connectivity index (χ0) is 23.1. The number of nitrogens with zero attached hydrogens (tertiary/aromatic N) is 3. The van der Waals surface area contributed by atoms with Crippen molar-refractivity contribution in [3.8, 4) is 5.69 Å². The van der Waals surface area contributed by atoms with Crippen molar-refractivity contribution >= 4 is 33.4 Å². The smallest absolute Gasteiger partial charge is 0.324 e. The van der Waals surface area contributed by atoms with Gasteiger partial charge in [-0.3, -0.25) is 14.2 Å². The molecule has 13 heteroatoms. The van der Waals surface area contributed by atoms with E-state index in [4.69, 9.17) is 0 Å². The summed E-state index contributed by atoms with van der Waals surface area (Å²) in [6.07, 6.45) is -4.57. The van der Waals surface area contributed by atoms with Gasteiger partial charge in [-0.15, -0.1) is 0 Å². The first-order valence-electron chi connectivity index (χ1n) is 8.87. The molecule has 0 aliphatic carbocycles. The summed E-state index contributed by atoms with van der Waals surface area (Å²) in [4.78, 5) is 49.8. The first kappa shape index (κ1) is 22.7. The topological polar surface area (TPSA) is 93.4 Å². The Morgan fingerprint density at radius 3 is 2.29 bits per heavy atom. The van der Waals surface area contributed by atoms with E-state index in [1.807, 2.05) is 0 Å². The second-order valence-electron chi connectivity index (χ2n) is 6.78. The number of ketones is 1. The maximum absolute atomic E-state index is 14.6. The molecule has 0 saturated carbocycles. The van der Waals surface area contributed by atoms with E-state index >= 15 is 0 Å². The molecular weight excluding hydrogens is 492 g/mol. The molecule has 1 aliphatic rings. The summed E-state index contributed by atoms with van der Waals surface area (Å²) in [5, 5.41) is 2.48. The highest BCUT2D eigenvalue weighted by Gasteiger charge is 2.35. The molecular formula is C18H15BrF4N4O4. The number of urea groups is 1. The number of rotatable bonds is 2. The van der Waals surface area contributed by atoms with Crippen LogP contribution in [0.2, 0.25) is 0 Å². The van der Waals surface area contributed by atoms with E-state index in [0.717, 1.165) is 19.2 Å². The highest BCUT2D eigenvalue weighted by molar-refractivity contribution is 9.10. The van der Waals surface area contributed by atoms with Crippen molar-refractivity contribution in [1.29, 1.82) is 0 Å². The molecule has 1 N–H and O–H groups in total.